The number of nitrogens with one attached hydrogen (secondary N) is 2. The number of carbonyl (C=O) groups is 1. The van der Waals surface area contributed by atoms with Gasteiger partial charge in [-0.05, 0) is 73.0 Å². The minimum atomic E-state index is -3.74. The van der Waals surface area contributed by atoms with E-state index in [-0.39, 0.29) is 17.4 Å². The highest BCUT2D eigenvalue weighted by molar-refractivity contribution is 7.92. The van der Waals surface area contributed by atoms with Gasteiger partial charge in [-0.1, -0.05) is 36.7 Å². The van der Waals surface area contributed by atoms with Crippen LogP contribution in [-0.2, 0) is 21.2 Å². The fourth-order valence-electron chi connectivity index (χ4n) is 2.90. The SMILES string of the molecule is CCc1ccccc1NS(=O)(=O)c1ccc(NC(=O)COc2ccc(Cl)c(C)c2)cc1. The number of para-hydroxylation sites is 1. The molecule has 1 amide bonds. The number of carbonyl (C=O) groups excluding carboxylic acids is 1. The smallest absolute Gasteiger partial charge is 0.262 e. The van der Waals surface area contributed by atoms with Crippen LogP contribution in [0.1, 0.15) is 18.1 Å². The predicted molar refractivity (Wildman–Crippen MR) is 123 cm³/mol. The van der Waals surface area contributed by atoms with Crippen molar-refractivity contribution >= 4 is 38.9 Å². The Morgan fingerprint density at radius 3 is 2.42 bits per heavy atom. The van der Waals surface area contributed by atoms with E-state index in [2.05, 4.69) is 10.0 Å². The summed E-state index contributed by atoms with van der Waals surface area (Å²) in [5.74, 6) is 0.176. The molecule has 0 aliphatic carbocycles. The number of rotatable bonds is 8. The Bertz CT molecular complexity index is 1180. The summed E-state index contributed by atoms with van der Waals surface area (Å²) in [5, 5.41) is 3.30. The van der Waals surface area contributed by atoms with Crippen LogP contribution in [-0.4, -0.2) is 20.9 Å². The Morgan fingerprint density at radius 1 is 1.03 bits per heavy atom. The standard InChI is InChI=1S/C23H23ClN2O4S/c1-3-17-6-4-5-7-22(17)26-31(28,29)20-11-8-18(9-12-20)25-23(27)15-30-19-10-13-21(24)16(2)14-19/h4-14,26H,3,15H2,1-2H3,(H,25,27). The fraction of sp³-hybridized carbons (Fsp3) is 0.174. The third-order valence-electron chi connectivity index (χ3n) is 4.59. The van der Waals surface area contributed by atoms with Gasteiger partial charge < -0.3 is 10.1 Å². The number of hydrogen-bond donors (Lipinski definition) is 2. The lowest BCUT2D eigenvalue weighted by atomic mass is 10.1. The normalized spacial score (nSPS) is 11.1. The minimum absolute atomic E-state index is 0.101. The van der Waals surface area contributed by atoms with Gasteiger partial charge in [0.25, 0.3) is 15.9 Å². The molecule has 31 heavy (non-hydrogen) atoms. The van der Waals surface area contributed by atoms with Crippen LogP contribution in [0.5, 0.6) is 5.75 Å². The van der Waals surface area contributed by atoms with Crippen molar-refractivity contribution in [2.75, 3.05) is 16.6 Å². The van der Waals surface area contributed by atoms with Crippen LogP contribution in [0.25, 0.3) is 0 Å². The molecule has 0 saturated heterocycles. The molecule has 0 atom stereocenters. The minimum Gasteiger partial charge on any atom is -0.484 e. The van der Waals surface area contributed by atoms with Crippen molar-refractivity contribution < 1.29 is 17.9 Å². The van der Waals surface area contributed by atoms with Crippen molar-refractivity contribution in [1.82, 2.24) is 0 Å². The first-order valence-corrected chi connectivity index (χ1v) is 11.5. The second-order valence-electron chi connectivity index (χ2n) is 6.89. The molecular weight excluding hydrogens is 436 g/mol. The molecule has 0 fully saturated rings. The van der Waals surface area contributed by atoms with E-state index in [0.29, 0.717) is 28.6 Å². The third kappa shape index (κ3) is 5.99. The van der Waals surface area contributed by atoms with Crippen LogP contribution in [0.3, 0.4) is 0 Å². The van der Waals surface area contributed by atoms with E-state index in [1.165, 1.54) is 24.3 Å². The Labute approximate surface area is 187 Å². The van der Waals surface area contributed by atoms with E-state index in [0.717, 1.165) is 11.1 Å². The molecule has 0 heterocycles. The van der Waals surface area contributed by atoms with E-state index in [1.807, 2.05) is 26.0 Å². The maximum atomic E-state index is 12.7. The van der Waals surface area contributed by atoms with E-state index < -0.39 is 10.0 Å². The first-order chi connectivity index (χ1) is 14.8. The molecule has 8 heteroatoms. The lowest BCUT2D eigenvalue weighted by molar-refractivity contribution is -0.118. The van der Waals surface area contributed by atoms with Crippen molar-refractivity contribution in [1.29, 1.82) is 0 Å². The first kappa shape index (κ1) is 22.7. The number of hydrogen-bond acceptors (Lipinski definition) is 4. The zero-order valence-corrected chi connectivity index (χ0v) is 18.8. The Morgan fingerprint density at radius 2 is 1.74 bits per heavy atom. The molecule has 3 rings (SSSR count). The highest BCUT2D eigenvalue weighted by Gasteiger charge is 2.16. The van der Waals surface area contributed by atoms with Crippen molar-refractivity contribution in [2.24, 2.45) is 0 Å². The lowest BCUT2D eigenvalue weighted by Crippen LogP contribution is -2.20. The Kier molecular flexibility index (Phi) is 7.20. The number of ether oxygens (including phenoxy) is 1. The molecule has 0 aliphatic rings. The van der Waals surface area contributed by atoms with Gasteiger partial charge in [-0.15, -0.1) is 0 Å². The summed E-state index contributed by atoms with van der Waals surface area (Å²) in [7, 11) is -3.74. The van der Waals surface area contributed by atoms with Gasteiger partial charge in [-0.25, -0.2) is 8.42 Å². The molecule has 0 radical (unpaired) electrons. The summed E-state index contributed by atoms with van der Waals surface area (Å²) < 4.78 is 33.5. The fourth-order valence-corrected chi connectivity index (χ4v) is 4.12. The largest absolute Gasteiger partial charge is 0.484 e. The van der Waals surface area contributed by atoms with E-state index in [9.17, 15) is 13.2 Å². The summed E-state index contributed by atoms with van der Waals surface area (Å²) in [6, 6.07) is 18.3. The second kappa shape index (κ2) is 9.85. The van der Waals surface area contributed by atoms with Crippen molar-refractivity contribution in [3.05, 3.63) is 82.9 Å². The van der Waals surface area contributed by atoms with Gasteiger partial charge in [0.15, 0.2) is 6.61 Å². The average molecular weight is 459 g/mol. The second-order valence-corrected chi connectivity index (χ2v) is 8.98. The van der Waals surface area contributed by atoms with Gasteiger partial charge in [0, 0.05) is 10.7 Å². The molecule has 0 saturated carbocycles. The van der Waals surface area contributed by atoms with Gasteiger partial charge in [0.2, 0.25) is 0 Å². The molecule has 6 nitrogen and oxygen atoms in total. The maximum Gasteiger partial charge on any atom is 0.262 e. The zero-order chi connectivity index (χ0) is 22.4. The van der Waals surface area contributed by atoms with Gasteiger partial charge in [-0.3, -0.25) is 9.52 Å². The molecule has 3 aromatic rings. The molecule has 0 aliphatic heterocycles. The number of anilines is 2. The van der Waals surface area contributed by atoms with Crippen molar-refractivity contribution in [2.45, 2.75) is 25.2 Å². The molecule has 162 valence electrons. The Balaban J connectivity index is 1.61. The van der Waals surface area contributed by atoms with Crippen LogP contribution < -0.4 is 14.8 Å². The third-order valence-corrected chi connectivity index (χ3v) is 6.40. The van der Waals surface area contributed by atoms with E-state index >= 15 is 0 Å². The molecule has 0 bridgehead atoms. The zero-order valence-electron chi connectivity index (χ0n) is 17.2. The highest BCUT2D eigenvalue weighted by atomic mass is 35.5. The summed E-state index contributed by atoms with van der Waals surface area (Å²) in [6.45, 7) is 3.62. The molecule has 3 aromatic carbocycles. The molecular formula is C23H23ClN2O4S. The first-order valence-electron chi connectivity index (χ1n) is 9.68. The number of sulfonamides is 1. The van der Waals surface area contributed by atoms with E-state index in [4.69, 9.17) is 16.3 Å². The summed E-state index contributed by atoms with van der Waals surface area (Å²) in [4.78, 5) is 12.2. The van der Waals surface area contributed by atoms with Gasteiger partial charge in [0.1, 0.15) is 5.75 Å². The van der Waals surface area contributed by atoms with Crippen LogP contribution in [0, 0.1) is 6.92 Å². The summed E-state index contributed by atoms with van der Waals surface area (Å²) >= 11 is 5.97. The number of benzene rings is 3. The van der Waals surface area contributed by atoms with Crippen molar-refractivity contribution in [3.63, 3.8) is 0 Å². The molecule has 2 N–H and O–H groups in total. The van der Waals surface area contributed by atoms with Gasteiger partial charge in [-0.2, -0.15) is 0 Å². The molecule has 0 unspecified atom stereocenters. The number of aryl methyl sites for hydroxylation is 2. The maximum absolute atomic E-state index is 12.7. The van der Waals surface area contributed by atoms with E-state index in [1.54, 1.807) is 30.3 Å². The summed E-state index contributed by atoms with van der Waals surface area (Å²) in [6.07, 6.45) is 0.710. The topological polar surface area (TPSA) is 84.5 Å². The Hall–Kier alpha value is -3.03. The van der Waals surface area contributed by atoms with Gasteiger partial charge >= 0.3 is 0 Å². The van der Waals surface area contributed by atoms with Crippen LogP contribution in [0.2, 0.25) is 5.02 Å². The molecule has 0 spiro atoms. The van der Waals surface area contributed by atoms with Crippen LogP contribution in [0.4, 0.5) is 11.4 Å². The monoisotopic (exact) mass is 458 g/mol. The van der Waals surface area contributed by atoms with Gasteiger partial charge in [0.05, 0.1) is 10.6 Å². The van der Waals surface area contributed by atoms with Crippen LogP contribution in [0.15, 0.2) is 71.6 Å². The highest BCUT2D eigenvalue weighted by Crippen LogP contribution is 2.22. The quantitative estimate of drug-likeness (QED) is 0.495. The lowest BCUT2D eigenvalue weighted by Gasteiger charge is -2.12. The number of amides is 1. The predicted octanol–water partition coefficient (Wildman–Crippen LogP) is 5.03. The molecule has 0 aromatic heterocycles. The van der Waals surface area contributed by atoms with Crippen molar-refractivity contribution in [3.8, 4) is 5.75 Å². The number of halogens is 1. The average Bonchev–Trinajstić information content (AvgIpc) is 2.75. The summed E-state index contributed by atoms with van der Waals surface area (Å²) in [5.41, 5.74) is 2.78. The van der Waals surface area contributed by atoms with Crippen LogP contribution >= 0.6 is 11.6 Å².